The monoisotopic (exact) mass is 265 g/mol. The number of likely N-dealkylation sites (N-methyl/N-ethyl adjacent to an activating group) is 1. The predicted octanol–water partition coefficient (Wildman–Crippen LogP) is 3.10. The first kappa shape index (κ1) is 16.0. The normalized spacial score (nSPS) is 13.3. The van der Waals surface area contributed by atoms with Gasteiger partial charge in [0.2, 0.25) is 0 Å². The van der Waals surface area contributed by atoms with Crippen LogP contribution in [0.2, 0.25) is 0 Å². The van der Waals surface area contributed by atoms with Crippen LogP contribution in [0.15, 0.2) is 24.3 Å². The Labute approximate surface area is 117 Å². The molecule has 0 saturated heterocycles. The van der Waals surface area contributed by atoms with E-state index in [4.69, 9.17) is 4.74 Å². The molecule has 3 heteroatoms. The molecule has 0 fully saturated rings. The van der Waals surface area contributed by atoms with Gasteiger partial charge in [-0.25, -0.2) is 0 Å². The van der Waals surface area contributed by atoms with Crippen molar-refractivity contribution in [1.82, 2.24) is 4.90 Å². The summed E-state index contributed by atoms with van der Waals surface area (Å²) >= 11 is 0. The van der Waals surface area contributed by atoms with Crippen molar-refractivity contribution in [3.05, 3.63) is 29.8 Å². The Morgan fingerprint density at radius 2 is 1.63 bits per heavy atom. The Kier molecular flexibility index (Phi) is 6.32. The quantitative estimate of drug-likeness (QED) is 0.822. The van der Waals surface area contributed by atoms with Crippen LogP contribution in [0.1, 0.15) is 39.4 Å². The molecule has 1 unspecified atom stereocenters. The molecular weight excluding hydrogens is 238 g/mol. The minimum absolute atomic E-state index is 0.174. The fourth-order valence-corrected chi connectivity index (χ4v) is 2.14. The van der Waals surface area contributed by atoms with Crippen LogP contribution in [0.25, 0.3) is 0 Å². The van der Waals surface area contributed by atoms with E-state index in [9.17, 15) is 5.11 Å². The second-order valence-electron chi connectivity index (χ2n) is 5.87. The van der Waals surface area contributed by atoms with Gasteiger partial charge in [-0.3, -0.25) is 0 Å². The molecular formula is C16H27NO2. The van der Waals surface area contributed by atoms with Crippen molar-refractivity contribution in [1.29, 1.82) is 0 Å². The smallest absolute Gasteiger partial charge is 0.119 e. The van der Waals surface area contributed by atoms with Crippen molar-refractivity contribution in [2.45, 2.75) is 39.9 Å². The Morgan fingerprint density at radius 3 is 2.11 bits per heavy atom. The van der Waals surface area contributed by atoms with E-state index in [1.807, 2.05) is 45.2 Å². The largest absolute Gasteiger partial charge is 0.491 e. The summed E-state index contributed by atoms with van der Waals surface area (Å²) in [5.41, 5.74) is 0.937. The van der Waals surface area contributed by atoms with Crippen LogP contribution in [0.4, 0.5) is 0 Å². The lowest BCUT2D eigenvalue weighted by atomic mass is 10.1. The van der Waals surface area contributed by atoms with E-state index in [2.05, 4.69) is 18.7 Å². The Morgan fingerprint density at radius 1 is 1.05 bits per heavy atom. The Hall–Kier alpha value is -1.06. The molecule has 0 bridgehead atoms. The van der Waals surface area contributed by atoms with Crippen molar-refractivity contribution in [2.75, 3.05) is 20.1 Å². The van der Waals surface area contributed by atoms with Gasteiger partial charge in [0.05, 0.1) is 12.2 Å². The van der Waals surface area contributed by atoms with E-state index in [0.717, 1.165) is 17.9 Å². The summed E-state index contributed by atoms with van der Waals surface area (Å²) in [5.74, 6) is 1.46. The van der Waals surface area contributed by atoms with E-state index in [1.54, 1.807) is 0 Å². The van der Waals surface area contributed by atoms with Crippen LogP contribution in [0.5, 0.6) is 5.75 Å². The van der Waals surface area contributed by atoms with Crippen molar-refractivity contribution in [3.63, 3.8) is 0 Å². The first-order chi connectivity index (χ1) is 8.88. The lowest BCUT2D eigenvalue weighted by molar-refractivity contribution is 0.121. The van der Waals surface area contributed by atoms with Gasteiger partial charge in [0, 0.05) is 13.1 Å². The van der Waals surface area contributed by atoms with Crippen molar-refractivity contribution in [3.8, 4) is 5.75 Å². The third-order valence-corrected chi connectivity index (χ3v) is 2.80. The lowest BCUT2D eigenvalue weighted by Crippen LogP contribution is -2.28. The average molecular weight is 265 g/mol. The first-order valence-corrected chi connectivity index (χ1v) is 7.01. The molecule has 1 N–H and O–H groups in total. The average Bonchev–Trinajstić information content (AvgIpc) is 2.27. The van der Waals surface area contributed by atoms with Crippen LogP contribution in [-0.2, 0) is 0 Å². The minimum Gasteiger partial charge on any atom is -0.491 e. The summed E-state index contributed by atoms with van der Waals surface area (Å²) < 4.78 is 5.59. The van der Waals surface area contributed by atoms with Gasteiger partial charge < -0.3 is 14.7 Å². The molecule has 1 aromatic carbocycles. The first-order valence-electron chi connectivity index (χ1n) is 7.01. The number of rotatable bonds is 7. The number of aliphatic hydroxyl groups is 1. The van der Waals surface area contributed by atoms with E-state index in [0.29, 0.717) is 12.5 Å². The Balaban J connectivity index is 2.55. The number of benzene rings is 1. The summed E-state index contributed by atoms with van der Waals surface area (Å²) in [7, 11) is 2.04. The molecule has 0 aliphatic rings. The maximum absolute atomic E-state index is 10.2. The zero-order valence-corrected chi connectivity index (χ0v) is 12.8. The van der Waals surface area contributed by atoms with E-state index < -0.39 is 6.10 Å². The van der Waals surface area contributed by atoms with Gasteiger partial charge in [-0.1, -0.05) is 26.0 Å². The standard InChI is InChI=1S/C16H27NO2/c1-12(2)10-17(5)11-16(18)14-6-8-15(9-7-14)19-13(3)4/h6-9,12-13,16,18H,10-11H2,1-5H3. The summed E-state index contributed by atoms with van der Waals surface area (Å²) in [5, 5.41) is 10.2. The van der Waals surface area contributed by atoms with E-state index in [-0.39, 0.29) is 6.10 Å². The predicted molar refractivity (Wildman–Crippen MR) is 79.5 cm³/mol. The zero-order valence-electron chi connectivity index (χ0n) is 12.8. The maximum Gasteiger partial charge on any atom is 0.119 e. The second kappa shape index (κ2) is 7.51. The molecule has 0 radical (unpaired) electrons. The van der Waals surface area contributed by atoms with Gasteiger partial charge in [-0.15, -0.1) is 0 Å². The number of hydrogen-bond donors (Lipinski definition) is 1. The van der Waals surface area contributed by atoms with E-state index in [1.165, 1.54) is 0 Å². The van der Waals surface area contributed by atoms with Crippen LogP contribution >= 0.6 is 0 Å². The SMILES string of the molecule is CC(C)CN(C)CC(O)c1ccc(OC(C)C)cc1. The molecule has 0 saturated carbocycles. The Bertz CT molecular complexity index is 360. The van der Waals surface area contributed by atoms with Gasteiger partial charge in [0.15, 0.2) is 0 Å². The van der Waals surface area contributed by atoms with Crippen LogP contribution in [-0.4, -0.2) is 36.2 Å². The fraction of sp³-hybridized carbons (Fsp3) is 0.625. The van der Waals surface area contributed by atoms with E-state index >= 15 is 0 Å². The van der Waals surface area contributed by atoms with Crippen LogP contribution in [0.3, 0.4) is 0 Å². The molecule has 1 atom stereocenters. The fourth-order valence-electron chi connectivity index (χ4n) is 2.14. The number of hydrogen-bond acceptors (Lipinski definition) is 3. The summed E-state index contributed by atoms with van der Waals surface area (Å²) in [6, 6.07) is 7.71. The molecule has 0 aliphatic heterocycles. The van der Waals surface area contributed by atoms with Crippen molar-refractivity contribution >= 4 is 0 Å². The summed E-state index contributed by atoms with van der Waals surface area (Å²) in [6.45, 7) is 10.0. The van der Waals surface area contributed by atoms with Gasteiger partial charge in [0.1, 0.15) is 5.75 Å². The number of ether oxygens (including phenoxy) is 1. The zero-order chi connectivity index (χ0) is 14.4. The van der Waals surface area contributed by atoms with Gasteiger partial charge >= 0.3 is 0 Å². The highest BCUT2D eigenvalue weighted by Crippen LogP contribution is 2.19. The lowest BCUT2D eigenvalue weighted by Gasteiger charge is -2.22. The molecule has 19 heavy (non-hydrogen) atoms. The molecule has 0 spiro atoms. The number of nitrogens with zero attached hydrogens (tertiary/aromatic N) is 1. The highest BCUT2D eigenvalue weighted by molar-refractivity contribution is 5.28. The summed E-state index contributed by atoms with van der Waals surface area (Å²) in [6.07, 6.45) is -0.273. The highest BCUT2D eigenvalue weighted by Gasteiger charge is 2.11. The minimum atomic E-state index is -0.447. The van der Waals surface area contributed by atoms with Gasteiger partial charge in [-0.05, 0) is 44.5 Å². The van der Waals surface area contributed by atoms with Crippen molar-refractivity contribution in [2.24, 2.45) is 5.92 Å². The molecule has 0 amide bonds. The molecule has 3 nitrogen and oxygen atoms in total. The molecule has 1 aromatic rings. The third kappa shape index (κ3) is 6.08. The third-order valence-electron chi connectivity index (χ3n) is 2.80. The van der Waals surface area contributed by atoms with Crippen molar-refractivity contribution < 1.29 is 9.84 Å². The second-order valence-corrected chi connectivity index (χ2v) is 5.87. The maximum atomic E-state index is 10.2. The summed E-state index contributed by atoms with van der Waals surface area (Å²) in [4.78, 5) is 2.16. The molecule has 0 heterocycles. The highest BCUT2D eigenvalue weighted by atomic mass is 16.5. The molecule has 108 valence electrons. The number of aliphatic hydroxyl groups excluding tert-OH is 1. The van der Waals surface area contributed by atoms with Gasteiger partial charge in [-0.2, -0.15) is 0 Å². The molecule has 0 aliphatic carbocycles. The van der Waals surface area contributed by atoms with Gasteiger partial charge in [0.25, 0.3) is 0 Å². The van der Waals surface area contributed by atoms with Crippen LogP contribution < -0.4 is 4.74 Å². The van der Waals surface area contributed by atoms with Crippen LogP contribution in [0, 0.1) is 5.92 Å². The molecule has 0 aromatic heterocycles. The molecule has 1 rings (SSSR count). The topological polar surface area (TPSA) is 32.7 Å².